The average molecular weight is 534 g/mol. The van der Waals surface area contributed by atoms with Gasteiger partial charge >= 0.3 is 0 Å². The Balaban J connectivity index is 4.02. The van der Waals surface area contributed by atoms with Crippen LogP contribution in [0.25, 0.3) is 0 Å². The molecule has 0 aliphatic rings. The summed E-state index contributed by atoms with van der Waals surface area (Å²) in [5.74, 6) is -0.892. The molecule has 0 saturated carbocycles. The van der Waals surface area contributed by atoms with E-state index in [2.05, 4.69) is 19.2 Å². The van der Waals surface area contributed by atoms with E-state index in [4.69, 9.17) is 0 Å². The van der Waals surface area contributed by atoms with Gasteiger partial charge in [-0.3, -0.25) is 9.35 Å². The Morgan fingerprint density at radius 2 is 1.00 bits per heavy atom. The topological polar surface area (TPSA) is 104 Å². The molecule has 6 nitrogen and oxygen atoms in total. The molecule has 0 aliphatic carbocycles. The lowest BCUT2D eigenvalue weighted by Gasteiger charge is -2.23. The van der Waals surface area contributed by atoms with Crippen LogP contribution >= 0.6 is 0 Å². The molecule has 36 heavy (non-hydrogen) atoms. The van der Waals surface area contributed by atoms with E-state index < -0.39 is 28.0 Å². The molecule has 216 valence electrons. The van der Waals surface area contributed by atoms with Crippen LogP contribution in [-0.4, -0.2) is 41.9 Å². The third kappa shape index (κ3) is 25.0. The molecule has 0 aromatic rings. The molecule has 3 N–H and O–H groups in total. The van der Waals surface area contributed by atoms with Gasteiger partial charge in [0.25, 0.3) is 10.1 Å². The summed E-state index contributed by atoms with van der Waals surface area (Å²) in [6, 6.07) is -0.959. The molecule has 1 amide bonds. The summed E-state index contributed by atoms with van der Waals surface area (Å²) in [6.45, 7) is 4.45. The molecular formula is C29H59NO5S. The van der Waals surface area contributed by atoms with Crippen molar-refractivity contribution < 1.29 is 22.9 Å². The highest BCUT2D eigenvalue weighted by atomic mass is 32.2. The maximum Gasteiger partial charge on any atom is 0.266 e. The van der Waals surface area contributed by atoms with Crippen molar-refractivity contribution in [2.24, 2.45) is 0 Å². The zero-order valence-electron chi connectivity index (χ0n) is 23.7. The number of hydrogen-bond donors (Lipinski definition) is 3. The van der Waals surface area contributed by atoms with Gasteiger partial charge in [-0.25, -0.2) is 0 Å². The Labute approximate surface area is 223 Å². The molecule has 0 aromatic heterocycles. The number of aliphatic hydroxyl groups is 1. The molecule has 2 unspecified atom stereocenters. The molecule has 0 heterocycles. The highest BCUT2D eigenvalue weighted by Gasteiger charge is 2.26. The second kappa shape index (κ2) is 24.7. The minimum Gasteiger partial charge on any atom is -0.391 e. The van der Waals surface area contributed by atoms with Crippen molar-refractivity contribution in [1.82, 2.24) is 5.32 Å². The minimum absolute atomic E-state index is 0.249. The molecule has 0 aliphatic heterocycles. The van der Waals surface area contributed by atoms with Gasteiger partial charge in [-0.2, -0.15) is 8.42 Å². The summed E-state index contributed by atoms with van der Waals surface area (Å²) in [6.07, 6.45) is 24.8. The summed E-state index contributed by atoms with van der Waals surface area (Å²) in [7, 11) is -4.29. The number of nitrogens with one attached hydrogen (secondary N) is 1. The van der Waals surface area contributed by atoms with Gasteiger partial charge in [0.15, 0.2) is 0 Å². The minimum atomic E-state index is -4.29. The second-order valence-electron chi connectivity index (χ2n) is 10.7. The SMILES string of the molecule is CCCCCCCCCCCCCC(O)C(CS(=O)(=O)O)NC(=O)CCCCCCCCCCCC. The first-order chi connectivity index (χ1) is 17.3. The fraction of sp³-hybridized carbons (Fsp3) is 0.966. The van der Waals surface area contributed by atoms with Crippen LogP contribution in [0.4, 0.5) is 0 Å². The van der Waals surface area contributed by atoms with Gasteiger partial charge in [0, 0.05) is 6.42 Å². The van der Waals surface area contributed by atoms with Gasteiger partial charge in [0.05, 0.1) is 17.9 Å². The van der Waals surface area contributed by atoms with Crippen LogP contribution in [0.5, 0.6) is 0 Å². The number of rotatable bonds is 27. The molecule has 2 atom stereocenters. The summed E-state index contributed by atoms with van der Waals surface area (Å²) < 4.78 is 32.1. The number of carbonyl (C=O) groups is 1. The van der Waals surface area contributed by atoms with E-state index in [9.17, 15) is 22.9 Å². The smallest absolute Gasteiger partial charge is 0.266 e. The Kier molecular flexibility index (Phi) is 24.2. The van der Waals surface area contributed by atoms with E-state index in [0.717, 1.165) is 38.5 Å². The van der Waals surface area contributed by atoms with Crippen LogP contribution in [0.2, 0.25) is 0 Å². The first-order valence-corrected chi connectivity index (χ1v) is 16.8. The van der Waals surface area contributed by atoms with Crippen molar-refractivity contribution in [2.45, 2.75) is 174 Å². The molecule has 0 aromatic carbocycles. The quantitative estimate of drug-likeness (QED) is 0.0740. The number of carbonyl (C=O) groups excluding carboxylic acids is 1. The van der Waals surface area contributed by atoms with E-state index in [1.165, 1.54) is 96.3 Å². The van der Waals surface area contributed by atoms with Gasteiger partial charge < -0.3 is 10.4 Å². The molecule has 0 saturated heterocycles. The first-order valence-electron chi connectivity index (χ1n) is 15.2. The average Bonchev–Trinajstić information content (AvgIpc) is 2.82. The van der Waals surface area contributed by atoms with Gasteiger partial charge in [-0.05, 0) is 12.8 Å². The van der Waals surface area contributed by atoms with E-state index in [0.29, 0.717) is 12.8 Å². The second-order valence-corrected chi connectivity index (χ2v) is 12.2. The molecule has 0 radical (unpaired) electrons. The van der Waals surface area contributed by atoms with Crippen molar-refractivity contribution in [3.8, 4) is 0 Å². The monoisotopic (exact) mass is 533 g/mol. The first kappa shape index (κ1) is 35.3. The van der Waals surface area contributed by atoms with Gasteiger partial charge in [-0.1, -0.05) is 142 Å². The van der Waals surface area contributed by atoms with Crippen molar-refractivity contribution in [1.29, 1.82) is 0 Å². The lowest BCUT2D eigenvalue weighted by Crippen LogP contribution is -2.47. The standard InChI is InChI=1S/C29H59NO5S/c1-3-5-7-9-11-13-15-16-18-20-22-24-28(31)27(26-36(33,34)35)30-29(32)25-23-21-19-17-14-12-10-8-6-4-2/h27-28,31H,3-26H2,1-2H3,(H,30,32)(H,33,34,35). The van der Waals surface area contributed by atoms with Crippen LogP contribution < -0.4 is 5.32 Å². The fourth-order valence-corrected chi connectivity index (χ4v) is 5.51. The lowest BCUT2D eigenvalue weighted by atomic mass is 10.0. The Hall–Kier alpha value is -0.660. The third-order valence-electron chi connectivity index (χ3n) is 7.06. The zero-order chi connectivity index (χ0) is 26.9. The largest absolute Gasteiger partial charge is 0.391 e. The Morgan fingerprint density at radius 1 is 0.639 bits per heavy atom. The Morgan fingerprint density at radius 3 is 1.39 bits per heavy atom. The van der Waals surface area contributed by atoms with Crippen LogP contribution in [0, 0.1) is 0 Å². The summed E-state index contributed by atoms with van der Waals surface area (Å²) in [4.78, 5) is 12.3. The van der Waals surface area contributed by atoms with Crippen molar-refractivity contribution in [2.75, 3.05) is 5.75 Å². The Bertz CT molecular complexity index is 596. The zero-order valence-corrected chi connectivity index (χ0v) is 24.5. The highest BCUT2D eigenvalue weighted by molar-refractivity contribution is 7.85. The number of amides is 1. The van der Waals surface area contributed by atoms with Gasteiger partial charge in [-0.15, -0.1) is 0 Å². The molecule has 0 fully saturated rings. The summed E-state index contributed by atoms with van der Waals surface area (Å²) >= 11 is 0. The lowest BCUT2D eigenvalue weighted by molar-refractivity contribution is -0.122. The van der Waals surface area contributed by atoms with E-state index in [1.807, 2.05) is 0 Å². The van der Waals surface area contributed by atoms with Gasteiger partial charge in [0.2, 0.25) is 5.91 Å². The summed E-state index contributed by atoms with van der Waals surface area (Å²) in [5.41, 5.74) is 0. The van der Waals surface area contributed by atoms with Crippen molar-refractivity contribution >= 4 is 16.0 Å². The fourth-order valence-electron chi connectivity index (χ4n) is 4.75. The van der Waals surface area contributed by atoms with E-state index >= 15 is 0 Å². The number of aliphatic hydroxyl groups excluding tert-OH is 1. The number of unbranched alkanes of at least 4 members (excludes halogenated alkanes) is 19. The van der Waals surface area contributed by atoms with Crippen LogP contribution in [0.3, 0.4) is 0 Å². The van der Waals surface area contributed by atoms with Crippen LogP contribution in [-0.2, 0) is 14.9 Å². The van der Waals surface area contributed by atoms with E-state index in [-0.39, 0.29) is 5.91 Å². The number of hydrogen-bond acceptors (Lipinski definition) is 4. The molecule has 0 bridgehead atoms. The van der Waals surface area contributed by atoms with Crippen LogP contribution in [0.15, 0.2) is 0 Å². The van der Waals surface area contributed by atoms with Crippen LogP contribution in [0.1, 0.15) is 162 Å². The summed E-state index contributed by atoms with van der Waals surface area (Å²) in [5, 5.41) is 13.2. The molecular weight excluding hydrogens is 474 g/mol. The molecule has 7 heteroatoms. The highest BCUT2D eigenvalue weighted by Crippen LogP contribution is 2.15. The van der Waals surface area contributed by atoms with E-state index in [1.54, 1.807) is 0 Å². The predicted octanol–water partition coefficient (Wildman–Crippen LogP) is 7.73. The van der Waals surface area contributed by atoms with Crippen molar-refractivity contribution in [3.05, 3.63) is 0 Å². The maximum atomic E-state index is 12.3. The van der Waals surface area contributed by atoms with Gasteiger partial charge in [0.1, 0.15) is 0 Å². The third-order valence-corrected chi connectivity index (χ3v) is 7.84. The molecule has 0 spiro atoms. The normalized spacial score (nSPS) is 13.6. The molecule has 0 rings (SSSR count). The predicted molar refractivity (Wildman–Crippen MR) is 152 cm³/mol. The van der Waals surface area contributed by atoms with Crippen molar-refractivity contribution in [3.63, 3.8) is 0 Å². The maximum absolute atomic E-state index is 12.3.